The van der Waals surface area contributed by atoms with Crippen LogP contribution in [-0.4, -0.2) is 27.6 Å². The molecular formula is C26H18Cl2N2O2S3. The van der Waals surface area contributed by atoms with Gasteiger partial charge in [-0.05, 0) is 54.5 Å². The van der Waals surface area contributed by atoms with Gasteiger partial charge < -0.3 is 0 Å². The number of carbonyl (C=O) groups is 2. The van der Waals surface area contributed by atoms with Gasteiger partial charge in [-0.15, -0.1) is 0 Å². The van der Waals surface area contributed by atoms with Crippen molar-refractivity contribution >= 4 is 92.5 Å². The molecule has 0 bridgehead atoms. The molecule has 0 aliphatic carbocycles. The Kier molecular flexibility index (Phi) is 7.23. The second kappa shape index (κ2) is 10.4. The zero-order valence-corrected chi connectivity index (χ0v) is 22.2. The van der Waals surface area contributed by atoms with E-state index in [4.69, 9.17) is 35.4 Å². The normalized spacial score (nSPS) is 16.0. The Bertz CT molecular complexity index is 1390. The van der Waals surface area contributed by atoms with E-state index < -0.39 is 0 Å². The topological polar surface area (TPSA) is 40.6 Å². The van der Waals surface area contributed by atoms with Gasteiger partial charge in [-0.1, -0.05) is 89.3 Å². The van der Waals surface area contributed by atoms with Crippen molar-refractivity contribution in [3.05, 3.63) is 87.2 Å². The summed E-state index contributed by atoms with van der Waals surface area (Å²) in [6.07, 6.45) is 2.49. The van der Waals surface area contributed by atoms with Crippen molar-refractivity contribution in [1.82, 2.24) is 4.90 Å². The number of nitrogens with zero attached hydrogens (tertiary/aromatic N) is 2. The number of carbonyl (C=O) groups excluding carboxylic acids is 2. The van der Waals surface area contributed by atoms with E-state index in [0.717, 1.165) is 26.7 Å². The summed E-state index contributed by atoms with van der Waals surface area (Å²) in [5.74, 6) is -0.220. The third-order valence-corrected chi connectivity index (χ3v) is 8.66. The quantitative estimate of drug-likeness (QED) is 0.237. The Morgan fingerprint density at radius 1 is 0.943 bits per heavy atom. The van der Waals surface area contributed by atoms with Crippen molar-refractivity contribution in [1.29, 1.82) is 0 Å². The van der Waals surface area contributed by atoms with Crippen LogP contribution in [0.2, 0.25) is 10.0 Å². The van der Waals surface area contributed by atoms with E-state index in [-0.39, 0.29) is 18.2 Å². The third kappa shape index (κ3) is 5.01. The highest BCUT2D eigenvalue weighted by Gasteiger charge is 2.33. The lowest BCUT2D eigenvalue weighted by Crippen LogP contribution is -2.32. The summed E-state index contributed by atoms with van der Waals surface area (Å²) in [5.41, 5.74) is 2.38. The standard InChI is InChI=1S/C26H18Cl2N2O2S3/c27-17-11-12-22-20(15-17)30(19-8-3-4-9-21(19)34-22)24(31)10-5-13-29-25(32)23(35-26(29)33)14-16-6-1-2-7-18(16)28/h1-4,6-9,11-12,14-15H,5,10,13H2/b23-14-. The smallest absolute Gasteiger partial charge is 0.266 e. The van der Waals surface area contributed by atoms with E-state index in [2.05, 4.69) is 0 Å². The summed E-state index contributed by atoms with van der Waals surface area (Å²) >= 11 is 20.8. The first-order chi connectivity index (χ1) is 16.9. The van der Waals surface area contributed by atoms with Gasteiger partial charge in [0.15, 0.2) is 0 Å². The van der Waals surface area contributed by atoms with Gasteiger partial charge in [0.2, 0.25) is 5.91 Å². The number of thiocarbonyl (C=S) groups is 1. The molecule has 0 radical (unpaired) electrons. The lowest BCUT2D eigenvalue weighted by atomic mass is 10.1. The van der Waals surface area contributed by atoms with Gasteiger partial charge in [-0.2, -0.15) is 0 Å². The molecule has 0 saturated carbocycles. The largest absolute Gasteiger partial charge is 0.293 e. The third-order valence-electron chi connectivity index (χ3n) is 5.58. The van der Waals surface area contributed by atoms with Gasteiger partial charge in [0.1, 0.15) is 4.32 Å². The number of halogens is 2. The Morgan fingerprint density at radius 3 is 2.51 bits per heavy atom. The molecule has 0 atom stereocenters. The second-order valence-corrected chi connectivity index (χ2v) is 11.5. The van der Waals surface area contributed by atoms with Crippen LogP contribution in [0, 0.1) is 0 Å². The maximum atomic E-state index is 13.4. The molecule has 0 spiro atoms. The van der Waals surface area contributed by atoms with Crippen LogP contribution in [0.1, 0.15) is 18.4 Å². The molecule has 176 valence electrons. The van der Waals surface area contributed by atoms with Crippen LogP contribution < -0.4 is 4.90 Å². The van der Waals surface area contributed by atoms with Crippen molar-refractivity contribution in [2.75, 3.05) is 11.4 Å². The summed E-state index contributed by atoms with van der Waals surface area (Å²) in [7, 11) is 0. The monoisotopic (exact) mass is 556 g/mol. The zero-order valence-electron chi connectivity index (χ0n) is 18.2. The first kappa shape index (κ1) is 24.4. The van der Waals surface area contributed by atoms with E-state index in [1.54, 1.807) is 33.7 Å². The predicted molar refractivity (Wildman–Crippen MR) is 150 cm³/mol. The highest BCUT2D eigenvalue weighted by Crippen LogP contribution is 2.49. The van der Waals surface area contributed by atoms with Crippen LogP contribution in [0.5, 0.6) is 0 Å². The van der Waals surface area contributed by atoms with Crippen LogP contribution in [0.25, 0.3) is 6.08 Å². The molecule has 3 aromatic rings. The Hall–Kier alpha value is -2.29. The fourth-order valence-electron chi connectivity index (χ4n) is 3.92. The molecule has 2 aliphatic rings. The molecule has 5 rings (SSSR count). The lowest BCUT2D eigenvalue weighted by molar-refractivity contribution is -0.123. The van der Waals surface area contributed by atoms with E-state index in [1.807, 2.05) is 60.7 Å². The maximum absolute atomic E-state index is 13.4. The number of hydrogen-bond acceptors (Lipinski definition) is 5. The number of rotatable bonds is 5. The molecule has 2 aliphatic heterocycles. The minimum absolute atomic E-state index is 0.0571. The average molecular weight is 558 g/mol. The van der Waals surface area contributed by atoms with Crippen molar-refractivity contribution in [2.24, 2.45) is 0 Å². The van der Waals surface area contributed by atoms with Crippen molar-refractivity contribution in [2.45, 2.75) is 22.6 Å². The van der Waals surface area contributed by atoms with Crippen LogP contribution in [0.15, 0.2) is 81.4 Å². The van der Waals surface area contributed by atoms with E-state index in [0.29, 0.717) is 32.2 Å². The predicted octanol–water partition coefficient (Wildman–Crippen LogP) is 7.80. The second-order valence-electron chi connectivity index (χ2n) is 7.87. The molecule has 3 aromatic carbocycles. The van der Waals surface area contributed by atoms with E-state index >= 15 is 0 Å². The summed E-state index contributed by atoms with van der Waals surface area (Å²) in [6.45, 7) is 0.364. The molecule has 2 heterocycles. The number of thioether (sulfide) groups is 1. The molecule has 1 saturated heterocycles. The summed E-state index contributed by atoms with van der Waals surface area (Å²) < 4.78 is 0.484. The van der Waals surface area contributed by atoms with Crippen LogP contribution in [0.4, 0.5) is 11.4 Å². The minimum Gasteiger partial charge on any atom is -0.293 e. The summed E-state index contributed by atoms with van der Waals surface area (Å²) in [4.78, 5) is 32.2. The number of fused-ring (bicyclic) bond motifs is 2. The van der Waals surface area contributed by atoms with Gasteiger partial charge in [0.05, 0.1) is 16.3 Å². The highest BCUT2D eigenvalue weighted by molar-refractivity contribution is 8.26. The SMILES string of the molecule is O=C1/C(=C/c2ccccc2Cl)SC(=S)N1CCCC(=O)N1c2ccccc2Sc2ccc(Cl)cc21. The average Bonchev–Trinajstić information content (AvgIpc) is 3.11. The molecule has 35 heavy (non-hydrogen) atoms. The van der Waals surface area contributed by atoms with Crippen molar-refractivity contribution in [3.63, 3.8) is 0 Å². The van der Waals surface area contributed by atoms with Crippen molar-refractivity contribution in [3.8, 4) is 0 Å². The lowest BCUT2D eigenvalue weighted by Gasteiger charge is -2.31. The number of anilines is 2. The van der Waals surface area contributed by atoms with Gasteiger partial charge >= 0.3 is 0 Å². The van der Waals surface area contributed by atoms with E-state index in [9.17, 15) is 9.59 Å². The molecule has 0 N–H and O–H groups in total. The zero-order chi connectivity index (χ0) is 24.5. The van der Waals surface area contributed by atoms with Crippen LogP contribution in [-0.2, 0) is 9.59 Å². The number of para-hydroxylation sites is 1. The highest BCUT2D eigenvalue weighted by atomic mass is 35.5. The first-order valence-corrected chi connectivity index (χ1v) is 13.6. The number of benzene rings is 3. The summed E-state index contributed by atoms with van der Waals surface area (Å²) in [6, 6.07) is 20.7. The number of amides is 2. The maximum Gasteiger partial charge on any atom is 0.266 e. The van der Waals surface area contributed by atoms with Crippen molar-refractivity contribution < 1.29 is 9.59 Å². The molecule has 4 nitrogen and oxygen atoms in total. The molecule has 1 fully saturated rings. The molecule has 0 unspecified atom stereocenters. The van der Waals surface area contributed by atoms with Gasteiger partial charge in [0.25, 0.3) is 5.91 Å². The molecule has 9 heteroatoms. The summed E-state index contributed by atoms with van der Waals surface area (Å²) in [5, 5.41) is 1.15. The van der Waals surface area contributed by atoms with Gasteiger partial charge in [-0.3, -0.25) is 19.4 Å². The van der Waals surface area contributed by atoms with Crippen LogP contribution >= 0.6 is 58.9 Å². The Balaban J connectivity index is 1.30. The van der Waals surface area contributed by atoms with Gasteiger partial charge in [-0.25, -0.2) is 0 Å². The molecule has 2 amide bonds. The first-order valence-electron chi connectivity index (χ1n) is 10.8. The fraction of sp³-hybridized carbons (Fsp3) is 0.115. The van der Waals surface area contributed by atoms with E-state index in [1.165, 1.54) is 11.8 Å². The Labute approximate surface area is 227 Å². The molecule has 0 aromatic heterocycles. The molecular weight excluding hydrogens is 539 g/mol. The Morgan fingerprint density at radius 2 is 1.69 bits per heavy atom. The number of hydrogen-bond donors (Lipinski definition) is 0. The fourth-order valence-corrected chi connectivity index (χ4v) is 6.62. The minimum atomic E-state index is -0.163. The van der Waals surface area contributed by atoms with Crippen LogP contribution in [0.3, 0.4) is 0 Å². The van der Waals surface area contributed by atoms with Gasteiger partial charge in [0, 0.05) is 32.8 Å².